The fourth-order valence-corrected chi connectivity index (χ4v) is 2.96. The van der Waals surface area contributed by atoms with Crippen LogP contribution in [-0.4, -0.2) is 27.7 Å². The maximum Gasteiger partial charge on any atom is 0.341 e. The van der Waals surface area contributed by atoms with Gasteiger partial charge in [0.1, 0.15) is 11.6 Å². The molecule has 0 aliphatic rings. The molecule has 0 unspecified atom stereocenters. The van der Waals surface area contributed by atoms with Crippen LogP contribution >= 0.6 is 0 Å². The number of ether oxygens (including phenoxy) is 1. The zero-order chi connectivity index (χ0) is 19.5. The van der Waals surface area contributed by atoms with Crippen LogP contribution in [0.25, 0.3) is 33.4 Å². The minimum absolute atomic E-state index is 0.221. The predicted octanol–water partition coefficient (Wildman–Crippen LogP) is 3.72. The van der Waals surface area contributed by atoms with Gasteiger partial charge in [-0.3, -0.25) is 4.79 Å². The molecule has 0 atom stereocenters. The first-order chi connectivity index (χ1) is 13.6. The van der Waals surface area contributed by atoms with Crippen molar-refractivity contribution in [3.8, 4) is 28.4 Å². The van der Waals surface area contributed by atoms with E-state index in [9.17, 15) is 9.59 Å². The van der Waals surface area contributed by atoms with Crippen molar-refractivity contribution < 1.29 is 14.6 Å². The first-order valence-corrected chi connectivity index (χ1v) is 8.64. The van der Waals surface area contributed by atoms with Crippen molar-refractivity contribution in [2.75, 3.05) is 6.61 Å². The Morgan fingerprint density at radius 1 is 0.929 bits per heavy atom. The van der Waals surface area contributed by atoms with Crippen LogP contribution < -0.4 is 10.3 Å². The van der Waals surface area contributed by atoms with Crippen LogP contribution in [0.5, 0.6) is 5.75 Å². The van der Waals surface area contributed by atoms with Gasteiger partial charge in [-0.1, -0.05) is 48.5 Å². The predicted molar refractivity (Wildman–Crippen MR) is 106 cm³/mol. The number of carboxylic acid groups (broad SMARTS) is 1. The second kappa shape index (κ2) is 7.36. The van der Waals surface area contributed by atoms with Crippen LogP contribution in [0.2, 0.25) is 0 Å². The molecule has 6 nitrogen and oxygen atoms in total. The number of H-pyrrole nitrogens is 1. The van der Waals surface area contributed by atoms with E-state index in [1.807, 2.05) is 54.6 Å². The van der Waals surface area contributed by atoms with Crippen molar-refractivity contribution in [1.82, 2.24) is 9.97 Å². The second-order valence-corrected chi connectivity index (χ2v) is 6.25. The molecule has 6 heteroatoms. The quantitative estimate of drug-likeness (QED) is 0.557. The summed E-state index contributed by atoms with van der Waals surface area (Å²) in [5, 5.41) is 10.5. The highest BCUT2D eigenvalue weighted by Gasteiger charge is 2.08. The van der Waals surface area contributed by atoms with Crippen LogP contribution in [0.3, 0.4) is 0 Å². The zero-order valence-corrected chi connectivity index (χ0v) is 14.8. The average molecular weight is 372 g/mol. The van der Waals surface area contributed by atoms with E-state index in [-0.39, 0.29) is 12.2 Å². The van der Waals surface area contributed by atoms with Gasteiger partial charge < -0.3 is 14.8 Å². The summed E-state index contributed by atoms with van der Waals surface area (Å²) in [4.78, 5) is 30.2. The Morgan fingerprint density at radius 2 is 1.68 bits per heavy atom. The molecule has 1 aromatic heterocycles. The molecular formula is C22H16N2O4. The molecule has 4 aromatic rings. The lowest BCUT2D eigenvalue weighted by Crippen LogP contribution is -2.09. The summed E-state index contributed by atoms with van der Waals surface area (Å²) in [5.41, 5.74) is 2.04. The molecule has 0 radical (unpaired) electrons. The van der Waals surface area contributed by atoms with Crippen LogP contribution in [0.1, 0.15) is 0 Å². The molecule has 0 amide bonds. The van der Waals surface area contributed by atoms with Gasteiger partial charge in [-0.2, -0.15) is 0 Å². The Morgan fingerprint density at radius 3 is 2.46 bits per heavy atom. The summed E-state index contributed by atoms with van der Waals surface area (Å²) >= 11 is 0. The Bertz CT molecular complexity index is 1220. The van der Waals surface area contributed by atoms with Gasteiger partial charge in [0.15, 0.2) is 6.61 Å². The maximum absolute atomic E-state index is 12.1. The molecule has 1 heterocycles. The molecule has 0 saturated heterocycles. The monoisotopic (exact) mass is 372 g/mol. The molecule has 0 aliphatic heterocycles. The van der Waals surface area contributed by atoms with E-state index in [0.29, 0.717) is 17.3 Å². The first-order valence-electron chi connectivity index (χ1n) is 8.64. The third kappa shape index (κ3) is 3.76. The Kier molecular flexibility index (Phi) is 4.60. The van der Waals surface area contributed by atoms with Crippen LogP contribution in [0.15, 0.2) is 77.6 Å². The summed E-state index contributed by atoms with van der Waals surface area (Å²) in [7, 11) is 0. The summed E-state index contributed by atoms with van der Waals surface area (Å²) < 4.78 is 5.21. The van der Waals surface area contributed by atoms with Crippen molar-refractivity contribution >= 4 is 16.7 Å². The highest BCUT2D eigenvalue weighted by Crippen LogP contribution is 2.26. The van der Waals surface area contributed by atoms with Crippen LogP contribution in [0, 0.1) is 0 Å². The summed E-state index contributed by atoms with van der Waals surface area (Å²) in [5.74, 6) is -0.0523. The lowest BCUT2D eigenvalue weighted by molar-refractivity contribution is -0.139. The maximum atomic E-state index is 12.1. The van der Waals surface area contributed by atoms with Gasteiger partial charge in [-0.05, 0) is 29.0 Å². The third-order valence-electron chi connectivity index (χ3n) is 4.26. The number of nitrogens with zero attached hydrogens (tertiary/aromatic N) is 1. The number of aromatic nitrogens is 2. The fourth-order valence-electron chi connectivity index (χ4n) is 2.96. The van der Waals surface area contributed by atoms with Gasteiger partial charge in [0, 0.05) is 17.2 Å². The molecule has 3 aromatic carbocycles. The molecular weight excluding hydrogens is 356 g/mol. The molecule has 4 rings (SSSR count). The highest BCUT2D eigenvalue weighted by atomic mass is 16.5. The van der Waals surface area contributed by atoms with Crippen LogP contribution in [-0.2, 0) is 4.79 Å². The number of carboxylic acids is 1. The fraction of sp³-hybridized carbons (Fsp3) is 0.0455. The van der Waals surface area contributed by atoms with E-state index < -0.39 is 5.97 Å². The Hall–Kier alpha value is -3.93. The van der Waals surface area contributed by atoms with E-state index >= 15 is 0 Å². The van der Waals surface area contributed by atoms with Gasteiger partial charge in [-0.15, -0.1) is 0 Å². The Balaban J connectivity index is 1.71. The highest BCUT2D eigenvalue weighted by molar-refractivity contribution is 5.87. The van der Waals surface area contributed by atoms with E-state index in [2.05, 4.69) is 9.97 Å². The number of aromatic amines is 1. The van der Waals surface area contributed by atoms with Crippen LogP contribution in [0.4, 0.5) is 0 Å². The number of carbonyl (C=O) groups is 1. The number of hydrogen-bond acceptors (Lipinski definition) is 4. The number of fused-ring (bicyclic) bond motifs is 1. The van der Waals surface area contributed by atoms with Gasteiger partial charge >= 0.3 is 5.97 Å². The number of nitrogens with one attached hydrogen (secondary N) is 1. The number of benzene rings is 3. The smallest absolute Gasteiger partial charge is 0.341 e. The van der Waals surface area contributed by atoms with E-state index in [4.69, 9.17) is 9.84 Å². The van der Waals surface area contributed by atoms with Crippen molar-refractivity contribution in [2.45, 2.75) is 0 Å². The average Bonchev–Trinajstić information content (AvgIpc) is 2.72. The van der Waals surface area contributed by atoms with Crippen molar-refractivity contribution in [3.63, 3.8) is 0 Å². The molecule has 0 saturated carbocycles. The molecule has 0 spiro atoms. The lowest BCUT2D eigenvalue weighted by atomic mass is 10.1. The standard InChI is InChI=1S/C22H16N2O4/c25-20-12-19(14-4-2-1-3-5-14)23-22(24-20)17-7-6-16-11-18(28-13-21(26)27)9-8-15(16)10-17/h1-12H,13H2,(H,26,27)(H,23,24,25). The third-order valence-corrected chi connectivity index (χ3v) is 4.26. The summed E-state index contributed by atoms with van der Waals surface area (Å²) in [6.07, 6.45) is 0. The number of rotatable bonds is 5. The van der Waals surface area contributed by atoms with Crippen molar-refractivity contribution in [1.29, 1.82) is 0 Å². The molecule has 28 heavy (non-hydrogen) atoms. The second-order valence-electron chi connectivity index (χ2n) is 6.25. The minimum Gasteiger partial charge on any atom is -0.482 e. The van der Waals surface area contributed by atoms with Gasteiger partial charge in [0.05, 0.1) is 5.69 Å². The van der Waals surface area contributed by atoms with Crippen molar-refractivity contribution in [2.24, 2.45) is 0 Å². The summed E-state index contributed by atoms with van der Waals surface area (Å²) in [6, 6.07) is 22.0. The zero-order valence-electron chi connectivity index (χ0n) is 14.8. The number of hydrogen-bond donors (Lipinski definition) is 2. The normalized spacial score (nSPS) is 10.7. The molecule has 0 aliphatic carbocycles. The van der Waals surface area contributed by atoms with E-state index in [1.165, 1.54) is 6.07 Å². The lowest BCUT2D eigenvalue weighted by Gasteiger charge is -2.08. The SMILES string of the molecule is O=C(O)COc1ccc2cc(-c3nc(-c4ccccc4)cc(=O)[nH]3)ccc2c1. The minimum atomic E-state index is -1.02. The Labute approximate surface area is 160 Å². The first kappa shape index (κ1) is 17.5. The molecule has 0 fully saturated rings. The van der Waals surface area contributed by atoms with Gasteiger partial charge in [-0.25, -0.2) is 9.78 Å². The van der Waals surface area contributed by atoms with Gasteiger partial charge in [0.2, 0.25) is 0 Å². The molecule has 0 bridgehead atoms. The molecule has 138 valence electrons. The van der Waals surface area contributed by atoms with Crippen molar-refractivity contribution in [3.05, 3.63) is 83.2 Å². The summed E-state index contributed by atoms with van der Waals surface area (Å²) in [6.45, 7) is -0.388. The number of aliphatic carboxylic acids is 1. The largest absolute Gasteiger partial charge is 0.482 e. The van der Waals surface area contributed by atoms with E-state index in [0.717, 1.165) is 21.9 Å². The van der Waals surface area contributed by atoms with Gasteiger partial charge in [0.25, 0.3) is 5.56 Å². The molecule has 2 N–H and O–H groups in total. The topological polar surface area (TPSA) is 92.3 Å². The van der Waals surface area contributed by atoms with E-state index in [1.54, 1.807) is 12.1 Å².